The molecule has 106 valence electrons. The van der Waals surface area contributed by atoms with E-state index in [9.17, 15) is 0 Å². The summed E-state index contributed by atoms with van der Waals surface area (Å²) in [6, 6.07) is 6.12. The third kappa shape index (κ3) is 2.74. The molecule has 4 heteroatoms. The molecule has 2 aromatic rings. The maximum atomic E-state index is 5.83. The first kappa shape index (κ1) is 14.3. The highest BCUT2D eigenvalue weighted by Crippen LogP contribution is 2.30. The van der Waals surface area contributed by atoms with E-state index in [4.69, 9.17) is 10.5 Å². The van der Waals surface area contributed by atoms with Crippen molar-refractivity contribution >= 4 is 5.95 Å². The van der Waals surface area contributed by atoms with Gasteiger partial charge in [-0.1, -0.05) is 13.8 Å². The van der Waals surface area contributed by atoms with Crippen LogP contribution in [0.3, 0.4) is 0 Å². The van der Waals surface area contributed by atoms with Gasteiger partial charge in [0, 0.05) is 11.3 Å². The zero-order valence-electron chi connectivity index (χ0n) is 12.7. The molecule has 0 saturated carbocycles. The van der Waals surface area contributed by atoms with Crippen LogP contribution in [0.2, 0.25) is 0 Å². The van der Waals surface area contributed by atoms with Gasteiger partial charge in [-0.15, -0.1) is 0 Å². The van der Waals surface area contributed by atoms with Crippen LogP contribution in [0.25, 0.3) is 11.3 Å². The average Bonchev–Trinajstić information content (AvgIpc) is 2.40. The topological polar surface area (TPSA) is 61.0 Å². The highest BCUT2D eigenvalue weighted by atomic mass is 16.5. The van der Waals surface area contributed by atoms with Gasteiger partial charge in [-0.05, 0) is 49.1 Å². The van der Waals surface area contributed by atoms with Gasteiger partial charge in [0.1, 0.15) is 5.75 Å². The van der Waals surface area contributed by atoms with Crippen LogP contribution >= 0.6 is 0 Å². The predicted octanol–water partition coefficient (Wildman–Crippen LogP) is 3.47. The van der Waals surface area contributed by atoms with E-state index in [-0.39, 0.29) is 0 Å². The zero-order valence-corrected chi connectivity index (χ0v) is 12.7. The molecule has 1 aromatic heterocycles. The van der Waals surface area contributed by atoms with E-state index >= 15 is 0 Å². The van der Waals surface area contributed by atoms with Gasteiger partial charge in [0.25, 0.3) is 0 Å². The van der Waals surface area contributed by atoms with Crippen LogP contribution < -0.4 is 10.5 Å². The fourth-order valence-electron chi connectivity index (χ4n) is 2.20. The molecule has 4 nitrogen and oxygen atoms in total. The van der Waals surface area contributed by atoms with Crippen LogP contribution in [-0.2, 0) is 0 Å². The van der Waals surface area contributed by atoms with Gasteiger partial charge in [-0.2, -0.15) is 0 Å². The molecule has 0 radical (unpaired) electrons. The largest absolute Gasteiger partial charge is 0.496 e. The second-order valence-corrected chi connectivity index (χ2v) is 5.33. The molecular formula is C16H21N3O. The molecule has 0 atom stereocenters. The quantitative estimate of drug-likeness (QED) is 0.928. The van der Waals surface area contributed by atoms with E-state index in [0.29, 0.717) is 11.9 Å². The number of aryl methyl sites for hydroxylation is 2. The molecule has 0 bridgehead atoms. The first-order valence-electron chi connectivity index (χ1n) is 6.72. The summed E-state index contributed by atoms with van der Waals surface area (Å²) >= 11 is 0. The lowest BCUT2D eigenvalue weighted by Crippen LogP contribution is -2.03. The summed E-state index contributed by atoms with van der Waals surface area (Å²) in [5.74, 6) is 1.52. The first-order valence-corrected chi connectivity index (χ1v) is 6.72. The maximum absolute atomic E-state index is 5.83. The summed E-state index contributed by atoms with van der Waals surface area (Å²) in [5.41, 5.74) is 10.9. The lowest BCUT2D eigenvalue weighted by atomic mass is 10.00. The third-order valence-electron chi connectivity index (χ3n) is 3.37. The number of benzene rings is 1. The molecule has 2 rings (SSSR count). The predicted molar refractivity (Wildman–Crippen MR) is 82.0 cm³/mol. The van der Waals surface area contributed by atoms with Gasteiger partial charge in [-0.3, -0.25) is 0 Å². The van der Waals surface area contributed by atoms with Gasteiger partial charge >= 0.3 is 0 Å². The van der Waals surface area contributed by atoms with Crippen molar-refractivity contribution in [3.8, 4) is 17.0 Å². The summed E-state index contributed by atoms with van der Waals surface area (Å²) in [7, 11) is 1.68. The summed E-state index contributed by atoms with van der Waals surface area (Å²) in [6.45, 7) is 8.26. The fourth-order valence-corrected chi connectivity index (χ4v) is 2.20. The van der Waals surface area contributed by atoms with Crippen molar-refractivity contribution in [2.45, 2.75) is 33.6 Å². The molecule has 0 unspecified atom stereocenters. The number of nitrogens with two attached hydrogens (primary N) is 1. The number of aromatic nitrogens is 2. The standard InChI is InChI=1S/C16H21N3O/c1-9(2)13-8-14(19-16(17)18-13)12-6-11(4)15(20-5)7-10(12)3/h6-9H,1-5H3,(H2,17,18,19). The molecule has 0 spiro atoms. The van der Waals surface area contributed by atoms with Crippen molar-refractivity contribution in [1.29, 1.82) is 0 Å². The van der Waals surface area contributed by atoms with Crippen molar-refractivity contribution in [3.63, 3.8) is 0 Å². The van der Waals surface area contributed by atoms with Gasteiger partial charge < -0.3 is 10.5 Å². The highest BCUT2D eigenvalue weighted by Gasteiger charge is 2.12. The number of rotatable bonds is 3. The Morgan fingerprint density at radius 1 is 1.05 bits per heavy atom. The van der Waals surface area contributed by atoms with E-state index in [1.165, 1.54) is 0 Å². The number of methoxy groups -OCH3 is 1. The number of anilines is 1. The van der Waals surface area contributed by atoms with Crippen LogP contribution in [0.15, 0.2) is 18.2 Å². The Balaban J connectivity index is 2.59. The van der Waals surface area contributed by atoms with E-state index in [2.05, 4.69) is 29.9 Å². The molecule has 0 amide bonds. The maximum Gasteiger partial charge on any atom is 0.220 e. The minimum absolute atomic E-state index is 0.318. The molecular weight excluding hydrogens is 250 g/mol. The van der Waals surface area contributed by atoms with Crippen molar-refractivity contribution in [3.05, 3.63) is 35.0 Å². The number of hydrogen-bond acceptors (Lipinski definition) is 4. The van der Waals surface area contributed by atoms with E-state index in [0.717, 1.165) is 33.8 Å². The van der Waals surface area contributed by atoms with Gasteiger partial charge in [0.2, 0.25) is 5.95 Å². The Labute approximate surface area is 120 Å². The molecule has 0 aliphatic heterocycles. The van der Waals surface area contributed by atoms with Crippen LogP contribution in [0, 0.1) is 13.8 Å². The van der Waals surface area contributed by atoms with Crippen molar-refractivity contribution in [2.75, 3.05) is 12.8 Å². The van der Waals surface area contributed by atoms with Gasteiger partial charge in [-0.25, -0.2) is 9.97 Å². The lowest BCUT2D eigenvalue weighted by molar-refractivity contribution is 0.411. The molecule has 0 aliphatic rings. The Bertz CT molecular complexity index is 636. The molecule has 1 heterocycles. The van der Waals surface area contributed by atoms with Crippen LogP contribution in [0.5, 0.6) is 5.75 Å². The van der Waals surface area contributed by atoms with Gasteiger partial charge in [0.15, 0.2) is 0 Å². The number of hydrogen-bond donors (Lipinski definition) is 1. The third-order valence-corrected chi connectivity index (χ3v) is 3.37. The summed E-state index contributed by atoms with van der Waals surface area (Å²) < 4.78 is 5.34. The summed E-state index contributed by atoms with van der Waals surface area (Å²) in [5, 5.41) is 0. The van der Waals surface area contributed by atoms with Crippen molar-refractivity contribution in [2.24, 2.45) is 0 Å². The number of nitrogens with zero attached hydrogens (tertiary/aromatic N) is 2. The van der Waals surface area contributed by atoms with Crippen molar-refractivity contribution in [1.82, 2.24) is 9.97 Å². The minimum atomic E-state index is 0.318. The highest BCUT2D eigenvalue weighted by molar-refractivity contribution is 5.67. The normalized spacial score (nSPS) is 10.9. The molecule has 1 aromatic carbocycles. The van der Waals surface area contributed by atoms with Crippen LogP contribution in [0.1, 0.15) is 36.6 Å². The monoisotopic (exact) mass is 271 g/mol. The van der Waals surface area contributed by atoms with Crippen molar-refractivity contribution < 1.29 is 4.74 Å². The molecule has 0 aliphatic carbocycles. The van der Waals surface area contributed by atoms with E-state index in [1.807, 2.05) is 26.0 Å². The molecule has 2 N–H and O–H groups in total. The van der Waals surface area contributed by atoms with Gasteiger partial charge in [0.05, 0.1) is 12.8 Å². The first-order chi connectivity index (χ1) is 9.42. The molecule has 0 saturated heterocycles. The average molecular weight is 271 g/mol. The van der Waals surface area contributed by atoms with Crippen LogP contribution in [0.4, 0.5) is 5.95 Å². The summed E-state index contributed by atoms with van der Waals surface area (Å²) in [6.07, 6.45) is 0. The SMILES string of the molecule is COc1cc(C)c(-c2cc(C(C)C)nc(N)n2)cc1C. The zero-order chi connectivity index (χ0) is 14.9. The van der Waals surface area contributed by atoms with E-state index < -0.39 is 0 Å². The second-order valence-electron chi connectivity index (χ2n) is 5.33. The Hall–Kier alpha value is -2.10. The Morgan fingerprint density at radius 2 is 1.75 bits per heavy atom. The summed E-state index contributed by atoms with van der Waals surface area (Å²) in [4.78, 5) is 8.66. The fraction of sp³-hybridized carbons (Fsp3) is 0.375. The second kappa shape index (κ2) is 5.49. The van der Waals surface area contributed by atoms with E-state index in [1.54, 1.807) is 7.11 Å². The number of nitrogen functional groups attached to an aromatic ring is 1. The molecule has 20 heavy (non-hydrogen) atoms. The van der Waals surface area contributed by atoms with Crippen LogP contribution in [-0.4, -0.2) is 17.1 Å². The number of ether oxygens (including phenoxy) is 1. The Kier molecular flexibility index (Phi) is 3.93. The smallest absolute Gasteiger partial charge is 0.220 e. The minimum Gasteiger partial charge on any atom is -0.496 e. The lowest BCUT2D eigenvalue weighted by Gasteiger charge is -2.13. The Morgan fingerprint density at radius 3 is 2.35 bits per heavy atom. The molecule has 0 fully saturated rings.